The van der Waals surface area contributed by atoms with Gasteiger partial charge in [-0.15, -0.1) is 0 Å². The van der Waals surface area contributed by atoms with Crippen molar-refractivity contribution in [2.75, 3.05) is 16.0 Å². The van der Waals surface area contributed by atoms with Gasteiger partial charge in [0.15, 0.2) is 0 Å². The zero-order valence-electron chi connectivity index (χ0n) is 22.4. The summed E-state index contributed by atoms with van der Waals surface area (Å²) in [5.74, 6) is -2.96. The average molecular weight is 594 g/mol. The van der Waals surface area contributed by atoms with Crippen molar-refractivity contribution in [3.63, 3.8) is 0 Å². The van der Waals surface area contributed by atoms with Gasteiger partial charge < -0.3 is 21.1 Å². The van der Waals surface area contributed by atoms with Gasteiger partial charge in [0.05, 0.1) is 17.6 Å². The van der Waals surface area contributed by atoms with Crippen molar-refractivity contribution in [1.82, 2.24) is 19.7 Å². The zero-order chi connectivity index (χ0) is 31.1. The highest BCUT2D eigenvalue weighted by Crippen LogP contribution is 2.33. The molecule has 0 spiro atoms. The highest BCUT2D eigenvalue weighted by atomic mass is 19.4. The number of aryl methyl sites for hydroxylation is 1. The first-order chi connectivity index (χ1) is 20.4. The van der Waals surface area contributed by atoms with Crippen molar-refractivity contribution in [2.24, 2.45) is 7.05 Å². The third-order valence-electron chi connectivity index (χ3n) is 5.73. The van der Waals surface area contributed by atoms with Gasteiger partial charge in [0, 0.05) is 30.7 Å². The quantitative estimate of drug-likeness (QED) is 0.126. The van der Waals surface area contributed by atoms with Gasteiger partial charge >= 0.3 is 12.1 Å². The van der Waals surface area contributed by atoms with E-state index in [1.165, 1.54) is 18.2 Å². The Hall–Kier alpha value is -5.79. The van der Waals surface area contributed by atoms with Gasteiger partial charge in [-0.3, -0.25) is 9.48 Å². The van der Waals surface area contributed by atoms with Crippen LogP contribution >= 0.6 is 0 Å². The van der Waals surface area contributed by atoms with E-state index in [0.717, 1.165) is 22.4 Å². The molecule has 1 amide bonds. The van der Waals surface area contributed by atoms with E-state index in [2.05, 4.69) is 37.6 Å². The van der Waals surface area contributed by atoms with Gasteiger partial charge in [0.25, 0.3) is 0 Å². The highest BCUT2D eigenvalue weighted by Gasteiger charge is 2.38. The Bertz CT molecular complexity index is 1800. The number of carbonyl (C=O) groups excluding carboxylic acids is 1. The molecule has 5 aromatic rings. The summed E-state index contributed by atoms with van der Waals surface area (Å²) in [4.78, 5) is 29.7. The molecule has 4 N–H and O–H groups in total. The Balaban J connectivity index is 0.000000541. The Morgan fingerprint density at radius 2 is 1.70 bits per heavy atom. The van der Waals surface area contributed by atoms with E-state index in [1.807, 2.05) is 49.5 Å². The van der Waals surface area contributed by atoms with Crippen LogP contribution in [0.1, 0.15) is 0 Å². The van der Waals surface area contributed by atoms with Crippen molar-refractivity contribution in [3.05, 3.63) is 97.7 Å². The third-order valence-corrected chi connectivity index (χ3v) is 5.73. The number of anilines is 5. The molecule has 43 heavy (non-hydrogen) atoms. The van der Waals surface area contributed by atoms with Gasteiger partial charge in [-0.05, 0) is 46.7 Å². The first kappa shape index (κ1) is 30.2. The number of rotatable bonds is 7. The summed E-state index contributed by atoms with van der Waals surface area (Å²) in [6.07, 6.45) is 1.19. The number of alkyl halides is 3. The predicted molar refractivity (Wildman–Crippen MR) is 154 cm³/mol. The number of nitrogens with zero attached hydrogens (tertiary/aromatic N) is 4. The monoisotopic (exact) mass is 593 g/mol. The van der Waals surface area contributed by atoms with Gasteiger partial charge in [0.2, 0.25) is 11.9 Å². The first-order valence-electron chi connectivity index (χ1n) is 12.3. The Morgan fingerprint density at radius 3 is 2.35 bits per heavy atom. The molecule has 0 bridgehead atoms. The third kappa shape index (κ3) is 7.91. The molecule has 0 atom stereocenters. The molecule has 0 saturated heterocycles. The summed E-state index contributed by atoms with van der Waals surface area (Å²) in [6.45, 7) is 3.45. The number of halogens is 4. The van der Waals surface area contributed by atoms with E-state index in [4.69, 9.17) is 9.90 Å². The lowest BCUT2D eigenvalue weighted by Crippen LogP contribution is -2.21. The number of hydrogen-bond acceptors (Lipinski definition) is 7. The summed E-state index contributed by atoms with van der Waals surface area (Å²) in [7, 11) is 1.81. The number of amides is 1. The molecule has 0 radical (unpaired) electrons. The molecular formula is C29H23F4N7O3. The Labute approximate surface area is 241 Å². The van der Waals surface area contributed by atoms with Crippen molar-refractivity contribution < 1.29 is 32.3 Å². The molecule has 0 fully saturated rings. The minimum absolute atomic E-state index is 0.143. The van der Waals surface area contributed by atoms with E-state index in [-0.39, 0.29) is 5.69 Å². The van der Waals surface area contributed by atoms with Crippen molar-refractivity contribution >= 4 is 51.5 Å². The number of fused-ring (bicyclic) bond motifs is 1. The fraction of sp³-hybridized carbons (Fsp3) is 0.0690. The molecule has 0 saturated carbocycles. The van der Waals surface area contributed by atoms with Gasteiger partial charge in [-0.2, -0.15) is 23.3 Å². The SMILES string of the molecule is C=CC(=O)Nc1ccc(F)c(Nc2nc(Nc3cnn(C)c3)ncc2-c2ccc3ccccc3c2)c1.O=C(O)C(F)(F)F. The van der Waals surface area contributed by atoms with Crippen LogP contribution in [0.4, 0.5) is 46.4 Å². The summed E-state index contributed by atoms with van der Waals surface area (Å²) in [5, 5.41) is 22.3. The van der Waals surface area contributed by atoms with Crippen LogP contribution in [-0.4, -0.2) is 42.9 Å². The lowest BCUT2D eigenvalue weighted by atomic mass is 10.0. The van der Waals surface area contributed by atoms with E-state index in [1.54, 1.807) is 23.3 Å². The summed E-state index contributed by atoms with van der Waals surface area (Å²) < 4.78 is 48.2. The topological polar surface area (TPSA) is 134 Å². The lowest BCUT2D eigenvalue weighted by Gasteiger charge is -2.15. The Kier molecular flexibility index (Phi) is 8.99. The minimum atomic E-state index is -5.08. The maximum absolute atomic E-state index is 14.8. The van der Waals surface area contributed by atoms with Crippen LogP contribution in [0.5, 0.6) is 0 Å². The Morgan fingerprint density at radius 1 is 0.977 bits per heavy atom. The summed E-state index contributed by atoms with van der Waals surface area (Å²) in [5.41, 5.74) is 2.81. The van der Waals surface area contributed by atoms with E-state index < -0.39 is 23.9 Å². The van der Waals surface area contributed by atoms with E-state index >= 15 is 0 Å². The molecular weight excluding hydrogens is 570 g/mol. The molecule has 3 aromatic carbocycles. The highest BCUT2D eigenvalue weighted by molar-refractivity contribution is 5.99. The molecule has 2 aromatic heterocycles. The normalized spacial score (nSPS) is 10.8. The molecule has 0 aliphatic heterocycles. The molecule has 5 rings (SSSR count). The average Bonchev–Trinajstić information content (AvgIpc) is 3.38. The van der Waals surface area contributed by atoms with Gasteiger partial charge in [-0.25, -0.2) is 14.2 Å². The van der Waals surface area contributed by atoms with Crippen LogP contribution in [0.25, 0.3) is 21.9 Å². The summed E-state index contributed by atoms with van der Waals surface area (Å²) >= 11 is 0. The largest absolute Gasteiger partial charge is 0.490 e. The van der Waals surface area contributed by atoms with Crippen LogP contribution in [-0.2, 0) is 16.6 Å². The van der Waals surface area contributed by atoms with Crippen LogP contribution in [0.2, 0.25) is 0 Å². The number of benzene rings is 3. The fourth-order valence-electron chi connectivity index (χ4n) is 3.74. The molecule has 2 heterocycles. The maximum Gasteiger partial charge on any atom is 0.490 e. The van der Waals surface area contributed by atoms with Gasteiger partial charge in [-0.1, -0.05) is 43.0 Å². The van der Waals surface area contributed by atoms with Crippen LogP contribution in [0.15, 0.2) is 91.9 Å². The lowest BCUT2D eigenvalue weighted by molar-refractivity contribution is -0.192. The van der Waals surface area contributed by atoms with Crippen LogP contribution in [0.3, 0.4) is 0 Å². The second-order valence-electron chi connectivity index (χ2n) is 8.86. The fourth-order valence-corrected chi connectivity index (χ4v) is 3.74. The molecule has 0 unspecified atom stereocenters. The number of carbonyl (C=O) groups is 2. The summed E-state index contributed by atoms with van der Waals surface area (Å²) in [6, 6.07) is 18.3. The maximum atomic E-state index is 14.8. The van der Waals surface area contributed by atoms with Crippen molar-refractivity contribution in [2.45, 2.75) is 6.18 Å². The van der Waals surface area contributed by atoms with E-state index in [0.29, 0.717) is 28.7 Å². The standard InChI is InChI=1S/C27H22FN7O.C2HF3O2/c1-3-25(36)31-20-10-11-23(28)24(13-20)33-26-22(19-9-8-17-6-4-5-7-18(17)12-19)15-29-27(34-26)32-21-14-30-35(2)16-21;3-2(4,5)1(6)7/h3-16H,1H2,2H3,(H,31,36)(H2,29,32,33,34);(H,6,7). The van der Waals surface area contributed by atoms with Crippen molar-refractivity contribution in [1.29, 1.82) is 0 Å². The number of carboxylic acids is 1. The van der Waals surface area contributed by atoms with Crippen LogP contribution in [0, 0.1) is 5.82 Å². The molecule has 0 aliphatic carbocycles. The minimum Gasteiger partial charge on any atom is -0.475 e. The molecule has 14 heteroatoms. The van der Waals surface area contributed by atoms with Crippen LogP contribution < -0.4 is 16.0 Å². The number of hydrogen-bond donors (Lipinski definition) is 4. The molecule has 0 aliphatic rings. The second kappa shape index (κ2) is 12.8. The molecule has 220 valence electrons. The number of aromatic nitrogens is 4. The smallest absolute Gasteiger partial charge is 0.475 e. The van der Waals surface area contributed by atoms with Crippen molar-refractivity contribution in [3.8, 4) is 11.1 Å². The first-order valence-corrected chi connectivity index (χ1v) is 12.3. The predicted octanol–water partition coefficient (Wildman–Crippen LogP) is 6.41. The number of carboxylic acid groups (broad SMARTS) is 1. The van der Waals surface area contributed by atoms with E-state index in [9.17, 15) is 22.4 Å². The number of aliphatic carboxylic acids is 1. The van der Waals surface area contributed by atoms with Gasteiger partial charge in [0.1, 0.15) is 11.6 Å². The number of nitrogens with one attached hydrogen (secondary N) is 3. The molecule has 10 nitrogen and oxygen atoms in total. The second-order valence-corrected chi connectivity index (χ2v) is 8.86. The zero-order valence-corrected chi connectivity index (χ0v) is 22.4.